The van der Waals surface area contributed by atoms with Crippen LogP contribution in [0.3, 0.4) is 0 Å². The summed E-state index contributed by atoms with van der Waals surface area (Å²) in [6.07, 6.45) is 6.22. The van der Waals surface area contributed by atoms with Crippen molar-refractivity contribution in [3.63, 3.8) is 0 Å². The highest BCUT2D eigenvalue weighted by molar-refractivity contribution is 14.1. The van der Waals surface area contributed by atoms with Gasteiger partial charge >= 0.3 is 0 Å². The van der Waals surface area contributed by atoms with Gasteiger partial charge in [0.15, 0.2) is 0 Å². The van der Waals surface area contributed by atoms with Crippen LogP contribution < -0.4 is 0 Å². The van der Waals surface area contributed by atoms with Crippen molar-refractivity contribution in [2.24, 2.45) is 0 Å². The summed E-state index contributed by atoms with van der Waals surface area (Å²) in [4.78, 5) is 4.13. The van der Waals surface area contributed by atoms with Crippen LogP contribution in [0.2, 0.25) is 5.15 Å². The average molecular weight is 319 g/mol. The monoisotopic (exact) mass is 318 g/mol. The van der Waals surface area contributed by atoms with E-state index in [9.17, 15) is 0 Å². The first-order valence-electron chi connectivity index (χ1n) is 4.58. The van der Waals surface area contributed by atoms with E-state index in [1.807, 2.05) is 18.5 Å². The van der Waals surface area contributed by atoms with E-state index in [4.69, 9.17) is 11.6 Å². The summed E-state index contributed by atoms with van der Waals surface area (Å²) in [5.74, 6) is 0. The van der Waals surface area contributed by atoms with Crippen LogP contribution >= 0.6 is 34.2 Å². The fourth-order valence-electron chi connectivity index (χ4n) is 1.78. The molecule has 0 amide bonds. The Bertz CT molecular complexity index is 502. The van der Waals surface area contributed by atoms with Crippen molar-refractivity contribution in [2.75, 3.05) is 0 Å². The molecule has 0 radical (unpaired) electrons. The quantitative estimate of drug-likeness (QED) is 0.734. The number of aromatic nitrogens is 2. The predicted molar refractivity (Wildman–Crippen MR) is 65.7 cm³/mol. The molecule has 0 aliphatic heterocycles. The van der Waals surface area contributed by atoms with Crippen molar-refractivity contribution in [1.82, 2.24) is 9.55 Å². The second kappa shape index (κ2) is 3.10. The van der Waals surface area contributed by atoms with Gasteiger partial charge < -0.3 is 4.57 Å². The molecule has 4 heteroatoms. The van der Waals surface area contributed by atoms with Crippen LogP contribution in [-0.2, 0) is 0 Å². The Labute approximate surface area is 100 Å². The molecule has 14 heavy (non-hydrogen) atoms. The molecule has 2 aromatic rings. The number of fused-ring (bicyclic) bond motifs is 1. The van der Waals surface area contributed by atoms with E-state index >= 15 is 0 Å². The van der Waals surface area contributed by atoms with E-state index in [-0.39, 0.29) is 0 Å². The fourth-order valence-corrected chi connectivity index (χ4v) is 2.78. The van der Waals surface area contributed by atoms with Gasteiger partial charge in [-0.15, -0.1) is 0 Å². The lowest BCUT2D eigenvalue weighted by Crippen LogP contribution is -1.92. The molecule has 0 N–H and O–H groups in total. The zero-order valence-corrected chi connectivity index (χ0v) is 10.3. The van der Waals surface area contributed by atoms with Crippen LogP contribution in [0.5, 0.6) is 0 Å². The van der Waals surface area contributed by atoms with Crippen molar-refractivity contribution in [1.29, 1.82) is 0 Å². The molecular weight excluding hydrogens is 310 g/mol. The molecule has 0 saturated heterocycles. The molecule has 3 rings (SSSR count). The molecule has 2 aromatic heterocycles. The van der Waals surface area contributed by atoms with E-state index in [1.165, 1.54) is 23.7 Å². The molecule has 0 unspecified atom stereocenters. The van der Waals surface area contributed by atoms with Crippen molar-refractivity contribution in [3.8, 4) is 0 Å². The molecule has 1 aliphatic rings. The Morgan fingerprint density at radius 3 is 3.00 bits per heavy atom. The molecule has 0 aromatic carbocycles. The second-order valence-corrected chi connectivity index (χ2v) is 5.04. The predicted octanol–water partition coefficient (Wildman–Crippen LogP) is 3.63. The van der Waals surface area contributed by atoms with Crippen LogP contribution in [0.15, 0.2) is 18.5 Å². The summed E-state index contributed by atoms with van der Waals surface area (Å²) >= 11 is 8.59. The fraction of sp³-hybridized carbons (Fsp3) is 0.300. The van der Waals surface area contributed by atoms with Gasteiger partial charge in [0.05, 0.1) is 9.09 Å². The third-order valence-electron chi connectivity index (χ3n) is 2.60. The Kier molecular flexibility index (Phi) is 1.99. The Morgan fingerprint density at radius 1 is 1.50 bits per heavy atom. The number of hydrogen-bond donors (Lipinski definition) is 0. The topological polar surface area (TPSA) is 17.8 Å². The zero-order chi connectivity index (χ0) is 9.71. The molecule has 0 atom stereocenters. The molecule has 1 aliphatic carbocycles. The van der Waals surface area contributed by atoms with E-state index in [2.05, 4.69) is 32.1 Å². The van der Waals surface area contributed by atoms with Gasteiger partial charge in [0, 0.05) is 23.8 Å². The van der Waals surface area contributed by atoms with Crippen LogP contribution in [0.4, 0.5) is 0 Å². The van der Waals surface area contributed by atoms with Gasteiger partial charge in [-0.2, -0.15) is 0 Å². The summed E-state index contributed by atoms with van der Waals surface area (Å²) in [6.45, 7) is 0. The maximum atomic E-state index is 6.30. The lowest BCUT2D eigenvalue weighted by atomic mass is 10.3. The molecular formula is C10H8ClIN2. The molecule has 1 saturated carbocycles. The van der Waals surface area contributed by atoms with Crippen LogP contribution in [0.1, 0.15) is 18.9 Å². The maximum absolute atomic E-state index is 6.30. The molecule has 0 bridgehead atoms. The van der Waals surface area contributed by atoms with Crippen LogP contribution in [0.25, 0.3) is 10.9 Å². The Balaban J connectivity index is 2.40. The average Bonchev–Trinajstić information content (AvgIpc) is 2.99. The number of halogens is 2. The van der Waals surface area contributed by atoms with Crippen molar-refractivity contribution in [2.45, 2.75) is 18.9 Å². The number of rotatable bonds is 1. The van der Waals surface area contributed by atoms with Gasteiger partial charge in [0.2, 0.25) is 0 Å². The Morgan fingerprint density at radius 2 is 2.29 bits per heavy atom. The third kappa shape index (κ3) is 1.18. The number of nitrogens with zero attached hydrogens (tertiary/aromatic N) is 2. The van der Waals surface area contributed by atoms with Gasteiger partial charge in [-0.05, 0) is 41.5 Å². The van der Waals surface area contributed by atoms with Gasteiger partial charge in [-0.1, -0.05) is 11.6 Å². The van der Waals surface area contributed by atoms with Crippen LogP contribution in [0, 0.1) is 3.57 Å². The third-order valence-corrected chi connectivity index (χ3v) is 4.38. The van der Waals surface area contributed by atoms with Crippen molar-refractivity contribution >= 4 is 45.1 Å². The van der Waals surface area contributed by atoms with E-state index in [0.717, 1.165) is 8.72 Å². The highest BCUT2D eigenvalue weighted by atomic mass is 127. The van der Waals surface area contributed by atoms with E-state index in [1.54, 1.807) is 0 Å². The summed E-state index contributed by atoms with van der Waals surface area (Å²) in [5, 5.41) is 2.04. The van der Waals surface area contributed by atoms with Gasteiger partial charge in [0.25, 0.3) is 0 Å². The minimum atomic E-state index is 0.621. The molecule has 1 fully saturated rings. The van der Waals surface area contributed by atoms with Crippen molar-refractivity contribution in [3.05, 3.63) is 27.2 Å². The van der Waals surface area contributed by atoms with Crippen molar-refractivity contribution < 1.29 is 0 Å². The van der Waals surface area contributed by atoms with Gasteiger partial charge in [0.1, 0.15) is 5.15 Å². The highest BCUT2D eigenvalue weighted by Crippen LogP contribution is 2.43. The first kappa shape index (κ1) is 8.97. The normalized spacial score (nSPS) is 16.4. The van der Waals surface area contributed by atoms with E-state index < -0.39 is 0 Å². The van der Waals surface area contributed by atoms with Crippen LogP contribution in [-0.4, -0.2) is 9.55 Å². The molecule has 2 heterocycles. The summed E-state index contributed by atoms with van der Waals surface area (Å²) in [6, 6.07) is 2.66. The molecule has 72 valence electrons. The summed E-state index contributed by atoms with van der Waals surface area (Å²) < 4.78 is 3.36. The minimum Gasteiger partial charge on any atom is -0.327 e. The summed E-state index contributed by atoms with van der Waals surface area (Å²) in [7, 11) is 0. The molecule has 0 spiro atoms. The maximum Gasteiger partial charge on any atom is 0.123 e. The van der Waals surface area contributed by atoms with Gasteiger partial charge in [-0.25, -0.2) is 0 Å². The highest BCUT2D eigenvalue weighted by Gasteiger charge is 2.28. The lowest BCUT2D eigenvalue weighted by Gasteiger charge is -2.03. The SMILES string of the molecule is Clc1c(I)c2cnccc2n1C1CC1. The number of hydrogen-bond acceptors (Lipinski definition) is 1. The zero-order valence-electron chi connectivity index (χ0n) is 7.37. The summed E-state index contributed by atoms with van der Waals surface area (Å²) in [5.41, 5.74) is 1.22. The Hall–Kier alpha value is -0.290. The minimum absolute atomic E-state index is 0.621. The second-order valence-electron chi connectivity index (χ2n) is 3.60. The number of pyridine rings is 1. The van der Waals surface area contributed by atoms with Gasteiger partial charge in [-0.3, -0.25) is 4.98 Å². The lowest BCUT2D eigenvalue weighted by molar-refractivity contribution is 0.775. The largest absolute Gasteiger partial charge is 0.327 e. The first-order valence-corrected chi connectivity index (χ1v) is 6.03. The molecule has 2 nitrogen and oxygen atoms in total. The smallest absolute Gasteiger partial charge is 0.123 e. The van der Waals surface area contributed by atoms with E-state index in [0.29, 0.717) is 6.04 Å². The first-order chi connectivity index (χ1) is 6.79. The standard InChI is InChI=1S/C10H8ClIN2/c11-10-9(12)7-5-13-4-3-8(7)14(10)6-1-2-6/h3-6H,1-2H2.